The standard InChI is InChI=1S/C12H18O3/c1-10(13)11-4-6-12(7-5-11)15-9-3-8-14-2/h4-7,10,13H,3,8-9H2,1-2H3/t10-/m1/s1. The molecule has 0 saturated heterocycles. The third-order valence-corrected chi connectivity index (χ3v) is 2.12. The highest BCUT2D eigenvalue weighted by Gasteiger charge is 2.00. The maximum absolute atomic E-state index is 9.30. The Morgan fingerprint density at radius 3 is 2.40 bits per heavy atom. The van der Waals surface area contributed by atoms with Crippen molar-refractivity contribution < 1.29 is 14.6 Å². The average Bonchev–Trinajstić information content (AvgIpc) is 2.25. The Labute approximate surface area is 90.6 Å². The van der Waals surface area contributed by atoms with E-state index in [-0.39, 0.29) is 0 Å². The first-order valence-electron chi connectivity index (χ1n) is 5.14. The lowest BCUT2D eigenvalue weighted by Crippen LogP contribution is -2.01. The smallest absolute Gasteiger partial charge is 0.119 e. The molecule has 0 fully saturated rings. The van der Waals surface area contributed by atoms with Gasteiger partial charge in [0.1, 0.15) is 5.75 Å². The van der Waals surface area contributed by atoms with Crippen molar-refractivity contribution in [3.05, 3.63) is 29.8 Å². The summed E-state index contributed by atoms with van der Waals surface area (Å²) >= 11 is 0. The third kappa shape index (κ3) is 4.32. The molecular formula is C12H18O3. The van der Waals surface area contributed by atoms with E-state index in [4.69, 9.17) is 9.47 Å². The average molecular weight is 210 g/mol. The van der Waals surface area contributed by atoms with Gasteiger partial charge in [-0.3, -0.25) is 0 Å². The molecule has 1 rings (SSSR count). The summed E-state index contributed by atoms with van der Waals surface area (Å²) in [6, 6.07) is 7.48. The lowest BCUT2D eigenvalue weighted by molar-refractivity contribution is 0.172. The predicted octanol–water partition coefficient (Wildman–Crippen LogP) is 2.16. The Bertz CT molecular complexity index is 267. The molecule has 1 aromatic carbocycles. The van der Waals surface area contributed by atoms with Gasteiger partial charge < -0.3 is 14.6 Å². The summed E-state index contributed by atoms with van der Waals surface area (Å²) in [7, 11) is 1.68. The molecule has 84 valence electrons. The van der Waals surface area contributed by atoms with Crippen LogP contribution < -0.4 is 4.74 Å². The SMILES string of the molecule is COCCCOc1ccc([C@@H](C)O)cc1. The van der Waals surface area contributed by atoms with Crippen molar-refractivity contribution in [1.29, 1.82) is 0 Å². The zero-order chi connectivity index (χ0) is 11.1. The van der Waals surface area contributed by atoms with Gasteiger partial charge in [-0.15, -0.1) is 0 Å². The van der Waals surface area contributed by atoms with Crippen LogP contribution >= 0.6 is 0 Å². The van der Waals surface area contributed by atoms with Crippen molar-refractivity contribution in [2.24, 2.45) is 0 Å². The van der Waals surface area contributed by atoms with Crippen molar-refractivity contribution in [2.75, 3.05) is 20.3 Å². The van der Waals surface area contributed by atoms with Gasteiger partial charge in [-0.1, -0.05) is 12.1 Å². The number of aliphatic hydroxyl groups is 1. The second-order valence-electron chi connectivity index (χ2n) is 3.44. The quantitative estimate of drug-likeness (QED) is 0.731. The molecule has 0 spiro atoms. The van der Waals surface area contributed by atoms with Crippen molar-refractivity contribution in [3.63, 3.8) is 0 Å². The highest BCUT2D eigenvalue weighted by atomic mass is 16.5. The fourth-order valence-corrected chi connectivity index (χ4v) is 1.24. The summed E-state index contributed by atoms with van der Waals surface area (Å²) in [5, 5.41) is 9.30. The molecule has 3 heteroatoms. The highest BCUT2D eigenvalue weighted by molar-refractivity contribution is 5.28. The number of hydrogen-bond acceptors (Lipinski definition) is 3. The largest absolute Gasteiger partial charge is 0.494 e. The zero-order valence-electron chi connectivity index (χ0n) is 9.27. The van der Waals surface area contributed by atoms with Crippen molar-refractivity contribution >= 4 is 0 Å². The van der Waals surface area contributed by atoms with Gasteiger partial charge in [-0.05, 0) is 24.6 Å². The molecule has 1 atom stereocenters. The van der Waals surface area contributed by atoms with Gasteiger partial charge in [0, 0.05) is 20.1 Å². The summed E-state index contributed by atoms with van der Waals surface area (Å²) in [6.07, 6.45) is 0.460. The van der Waals surface area contributed by atoms with Gasteiger partial charge in [0.05, 0.1) is 12.7 Å². The van der Waals surface area contributed by atoms with Gasteiger partial charge >= 0.3 is 0 Å². The van der Waals surface area contributed by atoms with Crippen molar-refractivity contribution in [2.45, 2.75) is 19.4 Å². The molecule has 15 heavy (non-hydrogen) atoms. The lowest BCUT2D eigenvalue weighted by Gasteiger charge is -2.08. The fraction of sp³-hybridized carbons (Fsp3) is 0.500. The van der Waals surface area contributed by atoms with E-state index in [2.05, 4.69) is 0 Å². The van der Waals surface area contributed by atoms with E-state index < -0.39 is 6.10 Å². The Hall–Kier alpha value is -1.06. The second-order valence-corrected chi connectivity index (χ2v) is 3.44. The van der Waals surface area contributed by atoms with Crippen LogP contribution in [0.3, 0.4) is 0 Å². The number of benzene rings is 1. The van der Waals surface area contributed by atoms with E-state index in [1.165, 1.54) is 0 Å². The zero-order valence-corrected chi connectivity index (χ0v) is 9.27. The molecule has 0 aliphatic carbocycles. The van der Waals surface area contributed by atoms with Crippen LogP contribution in [0.4, 0.5) is 0 Å². The number of aliphatic hydroxyl groups excluding tert-OH is 1. The Balaban J connectivity index is 2.36. The minimum atomic E-state index is -0.424. The van der Waals surface area contributed by atoms with E-state index >= 15 is 0 Å². The molecule has 3 nitrogen and oxygen atoms in total. The first kappa shape index (κ1) is 12.0. The van der Waals surface area contributed by atoms with Gasteiger partial charge in [0.2, 0.25) is 0 Å². The third-order valence-electron chi connectivity index (χ3n) is 2.12. The molecular weight excluding hydrogens is 192 g/mol. The maximum atomic E-state index is 9.30. The molecule has 0 bridgehead atoms. The Morgan fingerprint density at radius 2 is 1.87 bits per heavy atom. The first-order chi connectivity index (χ1) is 7.24. The number of rotatable bonds is 6. The van der Waals surface area contributed by atoms with Crippen molar-refractivity contribution in [1.82, 2.24) is 0 Å². The van der Waals surface area contributed by atoms with Gasteiger partial charge in [-0.2, -0.15) is 0 Å². The van der Waals surface area contributed by atoms with Crippen LogP contribution in [0.1, 0.15) is 25.0 Å². The molecule has 0 heterocycles. The maximum Gasteiger partial charge on any atom is 0.119 e. The summed E-state index contributed by atoms with van der Waals surface area (Å²) in [5.74, 6) is 0.829. The number of hydrogen-bond donors (Lipinski definition) is 1. The van der Waals surface area contributed by atoms with E-state index in [1.54, 1.807) is 14.0 Å². The summed E-state index contributed by atoms with van der Waals surface area (Å²) in [6.45, 7) is 3.11. The highest BCUT2D eigenvalue weighted by Crippen LogP contribution is 2.17. The normalized spacial score (nSPS) is 12.5. The van der Waals surface area contributed by atoms with Gasteiger partial charge in [-0.25, -0.2) is 0 Å². The molecule has 0 saturated carbocycles. The minimum absolute atomic E-state index is 0.424. The van der Waals surface area contributed by atoms with Gasteiger partial charge in [0.15, 0.2) is 0 Å². The van der Waals surface area contributed by atoms with Crippen LogP contribution in [0, 0.1) is 0 Å². The monoisotopic (exact) mass is 210 g/mol. The molecule has 1 N–H and O–H groups in total. The van der Waals surface area contributed by atoms with E-state index in [0.717, 1.165) is 17.7 Å². The van der Waals surface area contributed by atoms with Crippen LogP contribution in [-0.4, -0.2) is 25.4 Å². The van der Waals surface area contributed by atoms with Crippen LogP contribution in [0.5, 0.6) is 5.75 Å². The predicted molar refractivity (Wildman–Crippen MR) is 59.1 cm³/mol. The Kier molecular flexibility index (Phi) is 5.15. The Morgan fingerprint density at radius 1 is 1.20 bits per heavy atom. The van der Waals surface area contributed by atoms with Crippen molar-refractivity contribution in [3.8, 4) is 5.75 Å². The molecule has 0 unspecified atom stereocenters. The fourth-order valence-electron chi connectivity index (χ4n) is 1.24. The summed E-state index contributed by atoms with van der Waals surface area (Å²) in [5.41, 5.74) is 0.902. The molecule has 0 aliphatic heterocycles. The number of methoxy groups -OCH3 is 1. The summed E-state index contributed by atoms with van der Waals surface area (Å²) in [4.78, 5) is 0. The lowest BCUT2D eigenvalue weighted by atomic mass is 10.1. The van der Waals surface area contributed by atoms with Crippen LogP contribution in [0.15, 0.2) is 24.3 Å². The molecule has 0 amide bonds. The molecule has 0 aromatic heterocycles. The molecule has 1 aromatic rings. The van der Waals surface area contributed by atoms with Crippen LogP contribution in [0.25, 0.3) is 0 Å². The first-order valence-corrected chi connectivity index (χ1v) is 5.14. The van der Waals surface area contributed by atoms with E-state index in [0.29, 0.717) is 13.2 Å². The van der Waals surface area contributed by atoms with Crippen LogP contribution in [0.2, 0.25) is 0 Å². The second kappa shape index (κ2) is 6.43. The molecule has 0 radical (unpaired) electrons. The molecule has 0 aliphatic rings. The van der Waals surface area contributed by atoms with Gasteiger partial charge in [0.25, 0.3) is 0 Å². The van der Waals surface area contributed by atoms with E-state index in [1.807, 2.05) is 24.3 Å². The summed E-state index contributed by atoms with van der Waals surface area (Å²) < 4.78 is 10.4. The topological polar surface area (TPSA) is 38.7 Å². The van der Waals surface area contributed by atoms with E-state index in [9.17, 15) is 5.11 Å². The minimum Gasteiger partial charge on any atom is -0.494 e. The van der Waals surface area contributed by atoms with Crippen LogP contribution in [-0.2, 0) is 4.74 Å². The number of ether oxygens (including phenoxy) is 2.